The topological polar surface area (TPSA) is 52.6 Å². The highest BCUT2D eigenvalue weighted by molar-refractivity contribution is 5.82. The van der Waals surface area contributed by atoms with Crippen molar-refractivity contribution in [1.29, 1.82) is 0 Å². The summed E-state index contributed by atoms with van der Waals surface area (Å²) in [5, 5.41) is 0. The van der Waals surface area contributed by atoms with E-state index < -0.39 is 0 Å². The van der Waals surface area contributed by atoms with Crippen molar-refractivity contribution in [2.24, 2.45) is 11.8 Å². The molecular formula is C17H30O4. The molecule has 122 valence electrons. The van der Waals surface area contributed by atoms with Gasteiger partial charge in [-0.1, -0.05) is 45.4 Å². The van der Waals surface area contributed by atoms with Gasteiger partial charge in [0.15, 0.2) is 0 Å². The van der Waals surface area contributed by atoms with E-state index in [1.54, 1.807) is 6.92 Å². The number of unbranched alkanes of at least 4 members (excludes halogenated alkanes) is 4. The first-order valence-corrected chi connectivity index (χ1v) is 8.54. The van der Waals surface area contributed by atoms with Gasteiger partial charge in [0.05, 0.1) is 25.0 Å². The summed E-state index contributed by atoms with van der Waals surface area (Å²) in [6.07, 6.45) is 9.15. The quantitative estimate of drug-likeness (QED) is 0.479. The number of rotatable bonds is 9. The van der Waals surface area contributed by atoms with Crippen LogP contribution in [-0.2, 0) is 19.1 Å². The molecule has 0 aromatic carbocycles. The van der Waals surface area contributed by atoms with Gasteiger partial charge >= 0.3 is 11.9 Å². The smallest absolute Gasteiger partial charge is 0.309 e. The van der Waals surface area contributed by atoms with Crippen LogP contribution < -0.4 is 0 Å². The molecule has 0 heterocycles. The number of ether oxygens (including phenoxy) is 2. The maximum Gasteiger partial charge on any atom is 0.309 e. The third-order valence-electron chi connectivity index (χ3n) is 4.15. The molecule has 0 bridgehead atoms. The van der Waals surface area contributed by atoms with E-state index in [-0.39, 0.29) is 23.8 Å². The Morgan fingerprint density at radius 2 is 1.43 bits per heavy atom. The highest BCUT2D eigenvalue weighted by atomic mass is 16.5. The third-order valence-corrected chi connectivity index (χ3v) is 4.15. The molecule has 0 spiro atoms. The minimum atomic E-state index is -0.300. The summed E-state index contributed by atoms with van der Waals surface area (Å²) in [5.41, 5.74) is 0. The zero-order valence-corrected chi connectivity index (χ0v) is 13.6. The first-order chi connectivity index (χ1) is 10.2. The Hall–Kier alpha value is -1.06. The molecule has 1 aliphatic rings. The van der Waals surface area contributed by atoms with Crippen molar-refractivity contribution in [2.75, 3.05) is 13.2 Å². The molecule has 1 rings (SSSR count). The molecule has 0 saturated heterocycles. The lowest BCUT2D eigenvalue weighted by Crippen LogP contribution is -2.35. The van der Waals surface area contributed by atoms with Gasteiger partial charge < -0.3 is 9.47 Å². The van der Waals surface area contributed by atoms with E-state index >= 15 is 0 Å². The van der Waals surface area contributed by atoms with Gasteiger partial charge in [0, 0.05) is 0 Å². The fraction of sp³-hybridized carbons (Fsp3) is 0.882. The van der Waals surface area contributed by atoms with E-state index in [1.807, 2.05) is 0 Å². The average molecular weight is 298 g/mol. The molecule has 0 amide bonds. The van der Waals surface area contributed by atoms with E-state index in [1.165, 1.54) is 19.3 Å². The molecule has 0 radical (unpaired) electrons. The van der Waals surface area contributed by atoms with Crippen LogP contribution in [-0.4, -0.2) is 25.2 Å². The molecule has 2 unspecified atom stereocenters. The molecular weight excluding hydrogens is 268 g/mol. The summed E-state index contributed by atoms with van der Waals surface area (Å²) in [5.74, 6) is -1.04. The van der Waals surface area contributed by atoms with Crippen molar-refractivity contribution in [3.05, 3.63) is 0 Å². The Morgan fingerprint density at radius 1 is 0.857 bits per heavy atom. The molecule has 0 aliphatic heterocycles. The van der Waals surface area contributed by atoms with Crippen molar-refractivity contribution >= 4 is 11.9 Å². The lowest BCUT2D eigenvalue weighted by atomic mass is 9.79. The molecule has 1 aliphatic carbocycles. The first-order valence-electron chi connectivity index (χ1n) is 8.54. The standard InChI is InChI=1S/C17H30O4/c1-3-5-6-7-10-13-21-17(19)15-12-9-8-11-14(15)16(18)20-4-2/h14-15H,3-13H2,1-2H3. The van der Waals surface area contributed by atoms with Crippen LogP contribution in [0.25, 0.3) is 0 Å². The van der Waals surface area contributed by atoms with Gasteiger partial charge in [0.25, 0.3) is 0 Å². The van der Waals surface area contributed by atoms with E-state index in [4.69, 9.17) is 9.47 Å². The number of carbonyl (C=O) groups is 2. The Morgan fingerprint density at radius 3 is 2.00 bits per heavy atom. The second kappa shape index (κ2) is 10.6. The predicted octanol–water partition coefficient (Wildman–Crippen LogP) is 3.87. The highest BCUT2D eigenvalue weighted by Gasteiger charge is 2.37. The molecule has 0 aromatic heterocycles. The molecule has 4 nitrogen and oxygen atoms in total. The second-order valence-corrected chi connectivity index (χ2v) is 5.83. The van der Waals surface area contributed by atoms with Gasteiger partial charge in [-0.15, -0.1) is 0 Å². The second-order valence-electron chi connectivity index (χ2n) is 5.83. The number of carbonyl (C=O) groups excluding carboxylic acids is 2. The van der Waals surface area contributed by atoms with Gasteiger partial charge in [-0.05, 0) is 26.2 Å². The van der Waals surface area contributed by atoms with Gasteiger partial charge in [0.2, 0.25) is 0 Å². The van der Waals surface area contributed by atoms with Crippen LogP contribution in [0.4, 0.5) is 0 Å². The van der Waals surface area contributed by atoms with Crippen LogP contribution >= 0.6 is 0 Å². The lowest BCUT2D eigenvalue weighted by Gasteiger charge is -2.28. The minimum Gasteiger partial charge on any atom is -0.466 e. The summed E-state index contributed by atoms with van der Waals surface area (Å²) < 4.78 is 10.5. The van der Waals surface area contributed by atoms with Crippen LogP contribution in [0.2, 0.25) is 0 Å². The summed E-state index contributed by atoms with van der Waals surface area (Å²) in [6, 6.07) is 0. The largest absolute Gasteiger partial charge is 0.466 e. The first kappa shape index (κ1) is 18.0. The average Bonchev–Trinajstić information content (AvgIpc) is 2.50. The van der Waals surface area contributed by atoms with Crippen LogP contribution in [0.15, 0.2) is 0 Å². The summed E-state index contributed by atoms with van der Waals surface area (Å²) in [6.45, 7) is 4.83. The molecule has 0 N–H and O–H groups in total. The summed E-state index contributed by atoms with van der Waals surface area (Å²) in [7, 11) is 0. The lowest BCUT2D eigenvalue weighted by molar-refractivity contribution is -0.162. The Bertz CT molecular complexity index is 314. The van der Waals surface area contributed by atoms with E-state index in [2.05, 4.69) is 6.92 Å². The van der Waals surface area contributed by atoms with Crippen molar-refractivity contribution in [3.8, 4) is 0 Å². The number of hydrogen-bond donors (Lipinski definition) is 0. The number of hydrogen-bond acceptors (Lipinski definition) is 4. The van der Waals surface area contributed by atoms with Crippen LogP contribution in [0.1, 0.15) is 71.6 Å². The Kier molecular flexibility index (Phi) is 9.11. The Balaban J connectivity index is 2.33. The van der Waals surface area contributed by atoms with Crippen molar-refractivity contribution in [2.45, 2.75) is 71.6 Å². The van der Waals surface area contributed by atoms with Gasteiger partial charge in [-0.2, -0.15) is 0 Å². The predicted molar refractivity (Wildman–Crippen MR) is 81.8 cm³/mol. The van der Waals surface area contributed by atoms with Crippen LogP contribution in [0.5, 0.6) is 0 Å². The SMILES string of the molecule is CCCCCCCOC(=O)C1CCCCC1C(=O)OCC. The fourth-order valence-electron chi connectivity index (χ4n) is 2.93. The highest BCUT2D eigenvalue weighted by Crippen LogP contribution is 2.32. The van der Waals surface area contributed by atoms with Crippen LogP contribution in [0, 0.1) is 11.8 Å². The number of esters is 2. The van der Waals surface area contributed by atoms with Crippen molar-refractivity contribution in [3.63, 3.8) is 0 Å². The zero-order chi connectivity index (χ0) is 15.5. The van der Waals surface area contributed by atoms with E-state index in [9.17, 15) is 9.59 Å². The molecule has 4 heteroatoms. The van der Waals surface area contributed by atoms with Gasteiger partial charge in [-0.25, -0.2) is 0 Å². The maximum atomic E-state index is 12.2. The monoisotopic (exact) mass is 298 g/mol. The molecule has 0 aromatic rings. The summed E-state index contributed by atoms with van der Waals surface area (Å²) in [4.78, 5) is 24.1. The van der Waals surface area contributed by atoms with Crippen molar-refractivity contribution in [1.82, 2.24) is 0 Å². The van der Waals surface area contributed by atoms with E-state index in [0.717, 1.165) is 38.5 Å². The Labute approximate surface area is 128 Å². The maximum absolute atomic E-state index is 12.2. The van der Waals surface area contributed by atoms with Gasteiger partial charge in [-0.3, -0.25) is 9.59 Å². The normalized spacial score (nSPS) is 21.8. The minimum absolute atomic E-state index is 0.205. The van der Waals surface area contributed by atoms with Gasteiger partial charge in [0.1, 0.15) is 0 Å². The van der Waals surface area contributed by atoms with E-state index in [0.29, 0.717) is 13.2 Å². The fourth-order valence-corrected chi connectivity index (χ4v) is 2.93. The molecule has 1 fully saturated rings. The third kappa shape index (κ3) is 6.49. The van der Waals surface area contributed by atoms with Crippen LogP contribution in [0.3, 0.4) is 0 Å². The molecule has 21 heavy (non-hydrogen) atoms. The molecule has 2 atom stereocenters. The molecule has 1 saturated carbocycles. The van der Waals surface area contributed by atoms with Crippen molar-refractivity contribution < 1.29 is 19.1 Å². The summed E-state index contributed by atoms with van der Waals surface area (Å²) >= 11 is 0. The zero-order valence-electron chi connectivity index (χ0n) is 13.6.